The molecule has 0 aromatic heterocycles. The minimum absolute atomic E-state index is 0.231. The van der Waals surface area contributed by atoms with Gasteiger partial charge < -0.3 is 4.57 Å². The molecule has 2 nitrogen and oxygen atoms in total. The minimum Gasteiger partial charge on any atom is -0.316 e. The van der Waals surface area contributed by atoms with E-state index < -0.39 is 7.14 Å². The molecule has 70 valence electrons. The van der Waals surface area contributed by atoms with Crippen LogP contribution in [-0.2, 0) is 4.57 Å². The lowest BCUT2D eigenvalue weighted by Crippen LogP contribution is -2.00. The monoisotopic (exact) mass is 196 g/mol. The van der Waals surface area contributed by atoms with Crippen LogP contribution in [0, 0.1) is 6.92 Å². The Morgan fingerprint density at radius 2 is 1.77 bits per heavy atom. The molecule has 0 N–H and O–H groups in total. The van der Waals surface area contributed by atoms with E-state index in [4.69, 9.17) is 0 Å². The first kappa shape index (κ1) is 10.2. The van der Waals surface area contributed by atoms with E-state index in [9.17, 15) is 9.36 Å². The molecule has 0 bridgehead atoms. The fourth-order valence-corrected chi connectivity index (χ4v) is 1.93. The maximum Gasteiger partial charge on any atom is 0.221 e. The maximum atomic E-state index is 11.6. The second-order valence-corrected chi connectivity index (χ2v) is 6.58. The van der Waals surface area contributed by atoms with Crippen LogP contribution in [0.2, 0.25) is 0 Å². The topological polar surface area (TPSA) is 34.1 Å². The first-order chi connectivity index (χ1) is 5.93. The van der Waals surface area contributed by atoms with Crippen molar-refractivity contribution in [3.8, 4) is 0 Å². The highest BCUT2D eigenvalue weighted by Gasteiger charge is 2.21. The standard InChI is InChI=1S/C10H13O2P/c1-8-6-4-5-7-9(8)10(11)13(2,3)12/h4-7H,1-3H3. The van der Waals surface area contributed by atoms with Gasteiger partial charge in [-0.2, -0.15) is 0 Å². The largest absolute Gasteiger partial charge is 0.316 e. The summed E-state index contributed by atoms with van der Waals surface area (Å²) < 4.78 is 11.5. The molecule has 1 aromatic rings. The lowest BCUT2D eigenvalue weighted by molar-refractivity contribution is 0.107. The molecule has 13 heavy (non-hydrogen) atoms. The molecule has 0 fully saturated rings. The van der Waals surface area contributed by atoms with Gasteiger partial charge in [-0.05, 0) is 25.8 Å². The minimum atomic E-state index is -2.64. The molecule has 0 spiro atoms. The van der Waals surface area contributed by atoms with Gasteiger partial charge in [-0.1, -0.05) is 24.3 Å². The molecule has 0 aliphatic heterocycles. The zero-order chi connectivity index (χ0) is 10.1. The molecule has 0 aliphatic carbocycles. The van der Waals surface area contributed by atoms with E-state index in [-0.39, 0.29) is 5.52 Å². The van der Waals surface area contributed by atoms with Crippen molar-refractivity contribution in [2.45, 2.75) is 6.92 Å². The van der Waals surface area contributed by atoms with E-state index in [2.05, 4.69) is 0 Å². The second-order valence-electron chi connectivity index (χ2n) is 3.47. The Labute approximate surface area is 78.3 Å². The van der Waals surface area contributed by atoms with Crippen molar-refractivity contribution in [1.29, 1.82) is 0 Å². The predicted molar refractivity (Wildman–Crippen MR) is 55.0 cm³/mol. The zero-order valence-electron chi connectivity index (χ0n) is 8.07. The summed E-state index contributed by atoms with van der Waals surface area (Å²) in [6.07, 6.45) is 0. The van der Waals surface area contributed by atoms with Gasteiger partial charge in [-0.15, -0.1) is 0 Å². The highest BCUT2D eigenvalue weighted by Crippen LogP contribution is 2.40. The molecule has 0 saturated carbocycles. The fourth-order valence-electron chi connectivity index (χ4n) is 1.10. The molecular weight excluding hydrogens is 183 g/mol. The summed E-state index contributed by atoms with van der Waals surface area (Å²) in [4.78, 5) is 11.6. The third-order valence-electron chi connectivity index (χ3n) is 1.86. The van der Waals surface area contributed by atoms with Crippen molar-refractivity contribution in [3.05, 3.63) is 35.4 Å². The van der Waals surface area contributed by atoms with E-state index in [0.717, 1.165) is 5.56 Å². The third-order valence-corrected chi connectivity index (χ3v) is 3.08. The van der Waals surface area contributed by atoms with Gasteiger partial charge in [0.15, 0.2) is 0 Å². The lowest BCUT2D eigenvalue weighted by atomic mass is 10.1. The Balaban J connectivity index is 3.18. The van der Waals surface area contributed by atoms with Crippen LogP contribution < -0.4 is 0 Å². The number of aryl methyl sites for hydroxylation is 1. The van der Waals surface area contributed by atoms with Crippen molar-refractivity contribution in [2.75, 3.05) is 13.3 Å². The molecule has 3 heteroatoms. The summed E-state index contributed by atoms with van der Waals surface area (Å²) >= 11 is 0. The van der Waals surface area contributed by atoms with E-state index in [1.54, 1.807) is 12.1 Å². The summed E-state index contributed by atoms with van der Waals surface area (Å²) in [5.41, 5.74) is 1.23. The fraction of sp³-hybridized carbons (Fsp3) is 0.300. The molecule has 0 radical (unpaired) electrons. The van der Waals surface area contributed by atoms with Crippen LogP contribution in [0.1, 0.15) is 15.9 Å². The van der Waals surface area contributed by atoms with Gasteiger partial charge in [0.05, 0.1) is 0 Å². The van der Waals surface area contributed by atoms with Crippen molar-refractivity contribution in [3.63, 3.8) is 0 Å². The summed E-state index contributed by atoms with van der Waals surface area (Å²) in [5, 5.41) is 0. The quantitative estimate of drug-likeness (QED) is 0.681. The summed E-state index contributed by atoms with van der Waals surface area (Å²) in [7, 11) is -2.64. The SMILES string of the molecule is Cc1ccccc1C(=O)P(C)(C)=O. The van der Waals surface area contributed by atoms with Crippen LogP contribution in [0.3, 0.4) is 0 Å². The Hall–Kier alpha value is -0.880. The normalized spacial score (nSPS) is 11.3. The van der Waals surface area contributed by atoms with Gasteiger partial charge in [-0.25, -0.2) is 0 Å². The van der Waals surface area contributed by atoms with Crippen molar-refractivity contribution < 1.29 is 9.36 Å². The molecule has 0 heterocycles. The third kappa shape index (κ3) is 2.28. The summed E-state index contributed by atoms with van der Waals surface area (Å²) in [6.45, 7) is 4.85. The number of carbonyl (C=O) groups is 1. The first-order valence-corrected chi connectivity index (χ1v) is 6.68. The first-order valence-electron chi connectivity index (χ1n) is 4.08. The van der Waals surface area contributed by atoms with Gasteiger partial charge in [0.2, 0.25) is 5.52 Å². The Bertz CT molecular complexity index is 376. The lowest BCUT2D eigenvalue weighted by Gasteiger charge is -2.07. The molecule has 0 aliphatic rings. The Morgan fingerprint density at radius 3 is 2.23 bits per heavy atom. The van der Waals surface area contributed by atoms with E-state index in [1.165, 1.54) is 13.3 Å². The molecule has 1 aromatic carbocycles. The van der Waals surface area contributed by atoms with Gasteiger partial charge >= 0.3 is 0 Å². The molecule has 1 rings (SSSR count). The van der Waals surface area contributed by atoms with Gasteiger partial charge in [0.1, 0.15) is 7.14 Å². The molecular formula is C10H13O2P. The molecule has 0 unspecified atom stereocenters. The molecule has 0 atom stereocenters. The predicted octanol–water partition coefficient (Wildman–Crippen LogP) is 2.76. The number of hydrogen-bond donors (Lipinski definition) is 0. The summed E-state index contributed by atoms with van der Waals surface area (Å²) in [5.74, 6) is 0. The van der Waals surface area contributed by atoms with Gasteiger partial charge in [-0.3, -0.25) is 4.79 Å². The van der Waals surface area contributed by atoms with Crippen LogP contribution >= 0.6 is 7.14 Å². The average molecular weight is 196 g/mol. The number of hydrogen-bond acceptors (Lipinski definition) is 2. The Morgan fingerprint density at radius 1 is 1.23 bits per heavy atom. The van der Waals surface area contributed by atoms with Crippen molar-refractivity contribution in [2.24, 2.45) is 0 Å². The zero-order valence-corrected chi connectivity index (χ0v) is 8.97. The summed E-state index contributed by atoms with van der Waals surface area (Å²) in [6, 6.07) is 7.22. The number of rotatable bonds is 2. The second kappa shape index (κ2) is 3.47. The van der Waals surface area contributed by atoms with Crippen molar-refractivity contribution in [1.82, 2.24) is 0 Å². The van der Waals surface area contributed by atoms with Crippen molar-refractivity contribution >= 4 is 12.7 Å². The highest BCUT2D eigenvalue weighted by atomic mass is 31.2. The highest BCUT2D eigenvalue weighted by molar-refractivity contribution is 7.79. The Kier molecular flexibility index (Phi) is 2.72. The maximum absolute atomic E-state index is 11.6. The number of carbonyl (C=O) groups excluding carboxylic acids is 1. The average Bonchev–Trinajstić information content (AvgIpc) is 2.02. The van der Waals surface area contributed by atoms with Gasteiger partial charge in [0, 0.05) is 5.56 Å². The molecule has 0 saturated heterocycles. The van der Waals surface area contributed by atoms with Crippen LogP contribution in [0.15, 0.2) is 24.3 Å². The smallest absolute Gasteiger partial charge is 0.221 e. The number of benzene rings is 1. The van der Waals surface area contributed by atoms with Crippen LogP contribution in [0.25, 0.3) is 0 Å². The van der Waals surface area contributed by atoms with Crippen LogP contribution in [-0.4, -0.2) is 18.9 Å². The van der Waals surface area contributed by atoms with Crippen LogP contribution in [0.4, 0.5) is 0 Å². The van der Waals surface area contributed by atoms with Crippen LogP contribution in [0.5, 0.6) is 0 Å². The van der Waals surface area contributed by atoms with E-state index in [0.29, 0.717) is 5.56 Å². The van der Waals surface area contributed by atoms with Gasteiger partial charge in [0.25, 0.3) is 0 Å². The van der Waals surface area contributed by atoms with E-state index in [1.807, 2.05) is 19.1 Å². The molecule has 0 amide bonds. The van der Waals surface area contributed by atoms with E-state index >= 15 is 0 Å².